The van der Waals surface area contributed by atoms with Crippen LogP contribution in [0.25, 0.3) is 0 Å². The molecular formula is C31H25N5O2. The second-order valence-electron chi connectivity index (χ2n) is 8.55. The predicted molar refractivity (Wildman–Crippen MR) is 144 cm³/mol. The van der Waals surface area contributed by atoms with Gasteiger partial charge >= 0.3 is 0 Å². The summed E-state index contributed by atoms with van der Waals surface area (Å²) in [6, 6.07) is 34.1. The van der Waals surface area contributed by atoms with Crippen molar-refractivity contribution in [3.05, 3.63) is 162 Å². The van der Waals surface area contributed by atoms with E-state index < -0.39 is 23.9 Å². The molecule has 0 bridgehead atoms. The van der Waals surface area contributed by atoms with Crippen molar-refractivity contribution in [3.63, 3.8) is 0 Å². The smallest absolute Gasteiger partial charge is 0.270 e. The Kier molecular flexibility index (Phi) is 7.56. The number of hydrogen-bond acceptors (Lipinski definition) is 5. The van der Waals surface area contributed by atoms with Crippen LogP contribution in [-0.2, 0) is 0 Å². The van der Waals surface area contributed by atoms with Crippen LogP contribution in [0, 0.1) is 0 Å². The van der Waals surface area contributed by atoms with Crippen molar-refractivity contribution in [1.29, 1.82) is 0 Å². The third-order valence-electron chi connectivity index (χ3n) is 6.00. The number of hydrogen-bond donors (Lipinski definition) is 2. The zero-order valence-electron chi connectivity index (χ0n) is 20.4. The van der Waals surface area contributed by atoms with Gasteiger partial charge in [0.05, 0.1) is 23.5 Å². The van der Waals surface area contributed by atoms with Gasteiger partial charge in [-0.3, -0.25) is 19.6 Å². The third-order valence-corrected chi connectivity index (χ3v) is 6.00. The number of rotatable bonds is 8. The lowest BCUT2D eigenvalue weighted by Crippen LogP contribution is -2.33. The highest BCUT2D eigenvalue weighted by Gasteiger charge is 2.22. The van der Waals surface area contributed by atoms with Gasteiger partial charge in [-0.15, -0.1) is 0 Å². The molecule has 0 saturated heterocycles. The Balaban J connectivity index is 1.38. The molecule has 5 aromatic rings. The first-order chi connectivity index (χ1) is 18.7. The summed E-state index contributed by atoms with van der Waals surface area (Å²) in [6.45, 7) is 0. The molecule has 0 aliphatic carbocycles. The van der Waals surface area contributed by atoms with Crippen molar-refractivity contribution in [2.75, 3.05) is 0 Å². The molecule has 2 amide bonds. The average Bonchev–Trinajstić information content (AvgIpc) is 3.00. The molecule has 0 aliphatic heterocycles. The highest BCUT2D eigenvalue weighted by Crippen LogP contribution is 2.22. The summed E-state index contributed by atoms with van der Waals surface area (Å²) in [5.41, 5.74) is 3.42. The average molecular weight is 500 g/mol. The largest absolute Gasteiger partial charge is 0.338 e. The number of benzene rings is 2. The van der Waals surface area contributed by atoms with Gasteiger partial charge in [-0.05, 0) is 47.5 Å². The summed E-state index contributed by atoms with van der Waals surface area (Å²) in [6.07, 6.45) is 3.37. The van der Waals surface area contributed by atoms with Crippen LogP contribution in [0.2, 0.25) is 0 Å². The van der Waals surface area contributed by atoms with E-state index in [0.717, 1.165) is 11.1 Å². The summed E-state index contributed by atoms with van der Waals surface area (Å²) in [4.78, 5) is 39.9. The number of pyridine rings is 3. The first kappa shape index (κ1) is 24.5. The van der Waals surface area contributed by atoms with Crippen LogP contribution in [0.5, 0.6) is 0 Å². The summed E-state index contributed by atoms with van der Waals surface area (Å²) in [7, 11) is 0. The minimum Gasteiger partial charge on any atom is -0.338 e. The minimum atomic E-state index is -0.476. The second-order valence-corrected chi connectivity index (χ2v) is 8.55. The lowest BCUT2D eigenvalue weighted by molar-refractivity contribution is 0.0932. The molecule has 7 heteroatoms. The monoisotopic (exact) mass is 499 g/mol. The highest BCUT2D eigenvalue weighted by molar-refractivity contribution is 5.96. The van der Waals surface area contributed by atoms with E-state index in [4.69, 9.17) is 0 Å². The van der Waals surface area contributed by atoms with Crippen molar-refractivity contribution in [2.45, 2.75) is 12.1 Å². The van der Waals surface area contributed by atoms with Crippen LogP contribution in [0.1, 0.15) is 55.6 Å². The first-order valence-corrected chi connectivity index (χ1v) is 12.2. The molecule has 3 heterocycles. The molecule has 186 valence electrons. The number of aromatic nitrogens is 3. The van der Waals surface area contributed by atoms with Gasteiger partial charge in [-0.2, -0.15) is 0 Å². The van der Waals surface area contributed by atoms with Gasteiger partial charge in [-0.25, -0.2) is 4.98 Å². The fraction of sp³-hybridized carbons (Fsp3) is 0.0645. The molecular weight excluding hydrogens is 474 g/mol. The van der Waals surface area contributed by atoms with E-state index >= 15 is 0 Å². The Labute approximate surface area is 220 Å². The fourth-order valence-corrected chi connectivity index (χ4v) is 4.14. The van der Waals surface area contributed by atoms with Crippen molar-refractivity contribution >= 4 is 11.8 Å². The number of carbonyl (C=O) groups is 2. The van der Waals surface area contributed by atoms with Crippen molar-refractivity contribution in [2.24, 2.45) is 0 Å². The molecule has 2 aromatic carbocycles. The molecule has 0 fully saturated rings. The van der Waals surface area contributed by atoms with E-state index in [1.807, 2.05) is 97.1 Å². The molecule has 38 heavy (non-hydrogen) atoms. The maximum absolute atomic E-state index is 13.3. The third kappa shape index (κ3) is 5.79. The number of nitrogens with zero attached hydrogens (tertiary/aromatic N) is 3. The van der Waals surface area contributed by atoms with Crippen molar-refractivity contribution in [1.82, 2.24) is 25.6 Å². The van der Waals surface area contributed by atoms with E-state index in [9.17, 15) is 9.59 Å². The highest BCUT2D eigenvalue weighted by atomic mass is 16.2. The maximum Gasteiger partial charge on any atom is 0.270 e. The molecule has 0 aliphatic rings. The van der Waals surface area contributed by atoms with Crippen LogP contribution in [-0.4, -0.2) is 26.8 Å². The van der Waals surface area contributed by atoms with Gasteiger partial charge in [0.15, 0.2) is 0 Å². The zero-order chi connectivity index (χ0) is 26.2. The van der Waals surface area contributed by atoms with E-state index in [-0.39, 0.29) is 11.4 Å². The van der Waals surface area contributed by atoms with Crippen molar-refractivity contribution in [3.8, 4) is 0 Å². The molecule has 2 N–H and O–H groups in total. The normalized spacial score (nSPS) is 12.2. The van der Waals surface area contributed by atoms with Gasteiger partial charge in [0, 0.05) is 12.4 Å². The Morgan fingerprint density at radius 2 is 0.921 bits per heavy atom. The minimum absolute atomic E-state index is 0.128. The van der Waals surface area contributed by atoms with E-state index in [2.05, 4.69) is 25.6 Å². The van der Waals surface area contributed by atoms with Gasteiger partial charge in [0.2, 0.25) is 0 Å². The number of carbonyl (C=O) groups excluding carboxylic acids is 2. The number of amides is 2. The summed E-state index contributed by atoms with van der Waals surface area (Å²) >= 11 is 0. The summed E-state index contributed by atoms with van der Waals surface area (Å²) in [5, 5.41) is 6.04. The molecule has 2 unspecified atom stereocenters. The Hall–Kier alpha value is -5.17. The van der Waals surface area contributed by atoms with Gasteiger partial charge in [-0.1, -0.05) is 78.9 Å². The molecule has 2 atom stereocenters. The predicted octanol–water partition coefficient (Wildman–Crippen LogP) is 4.91. The van der Waals surface area contributed by atoms with E-state index in [0.29, 0.717) is 11.4 Å². The molecule has 0 saturated carbocycles. The van der Waals surface area contributed by atoms with Gasteiger partial charge < -0.3 is 10.6 Å². The topological polar surface area (TPSA) is 96.9 Å². The van der Waals surface area contributed by atoms with E-state index in [1.165, 1.54) is 0 Å². The molecule has 3 aromatic heterocycles. The Morgan fingerprint density at radius 3 is 1.32 bits per heavy atom. The maximum atomic E-state index is 13.3. The lowest BCUT2D eigenvalue weighted by Gasteiger charge is -2.20. The van der Waals surface area contributed by atoms with Crippen LogP contribution in [0.4, 0.5) is 0 Å². The Bertz CT molecular complexity index is 1310. The molecule has 7 nitrogen and oxygen atoms in total. The van der Waals surface area contributed by atoms with Crippen LogP contribution < -0.4 is 10.6 Å². The lowest BCUT2D eigenvalue weighted by atomic mass is 10.0. The quantitative estimate of drug-likeness (QED) is 0.316. The Morgan fingerprint density at radius 1 is 0.500 bits per heavy atom. The second kappa shape index (κ2) is 11.7. The molecule has 5 rings (SSSR count). The van der Waals surface area contributed by atoms with Crippen LogP contribution >= 0.6 is 0 Å². The van der Waals surface area contributed by atoms with Crippen LogP contribution in [0.3, 0.4) is 0 Å². The molecule has 0 spiro atoms. The van der Waals surface area contributed by atoms with Crippen molar-refractivity contribution < 1.29 is 9.59 Å². The number of nitrogens with one attached hydrogen (secondary N) is 2. The van der Waals surface area contributed by atoms with Gasteiger partial charge in [0.1, 0.15) is 11.4 Å². The summed E-state index contributed by atoms with van der Waals surface area (Å²) < 4.78 is 0. The zero-order valence-corrected chi connectivity index (χ0v) is 20.4. The molecule has 0 radical (unpaired) electrons. The van der Waals surface area contributed by atoms with E-state index in [1.54, 1.807) is 30.6 Å². The van der Waals surface area contributed by atoms with Gasteiger partial charge in [0.25, 0.3) is 11.8 Å². The van der Waals surface area contributed by atoms with Crippen LogP contribution in [0.15, 0.2) is 128 Å². The fourth-order valence-electron chi connectivity index (χ4n) is 4.14. The first-order valence-electron chi connectivity index (χ1n) is 12.2. The standard InChI is InChI=1S/C31H25N5O2/c37-30(35-28(22-12-3-1-4-13-22)24-16-7-9-20-32-24)26-18-11-19-27(34-26)31(38)36-29(23-14-5-2-6-15-23)25-17-8-10-21-33-25/h1-21,28-29H,(H,35,37)(H,36,38). The SMILES string of the molecule is O=C(NC(c1ccccc1)c1ccccn1)c1cccc(C(=O)NC(c2ccccc2)c2ccccn2)n1. The summed E-state index contributed by atoms with van der Waals surface area (Å²) in [5.74, 6) is -0.827.